The third-order valence-electron chi connectivity index (χ3n) is 20.3. The van der Waals surface area contributed by atoms with Crippen molar-refractivity contribution in [3.05, 3.63) is 323 Å². The molecule has 0 fully saturated rings. The number of esters is 2. The fourth-order valence-corrected chi connectivity index (χ4v) is 16.1. The number of Topliss-reactive ketones (excluding diaryl/α,β-unsaturated/α-hetero) is 2. The lowest BCUT2D eigenvalue weighted by Gasteiger charge is -2.42. The van der Waals surface area contributed by atoms with Crippen molar-refractivity contribution in [1.82, 2.24) is 0 Å². The molecule has 454 valence electrons. The van der Waals surface area contributed by atoms with Crippen molar-refractivity contribution < 1.29 is 28.7 Å². The SMILES string of the molecule is Cc1cc2c3c(cc4c(C)cc5c6c(cc1c3c46)B1c3ccc(CC(=O)c4ccccc4)cc3N(c3ccccc3)c3cc(C(=O)OCc4ccccc4)cc-5c31)B1c3ccc(C(=O)OCc4ccccc4)cc3N(c3ccccc3)c3cc(CC(=O)c4ccccc4)cc-2c31. The second-order valence-corrected chi connectivity index (χ2v) is 26.0. The van der Waals surface area contributed by atoms with Crippen LogP contribution in [-0.2, 0) is 35.5 Å². The summed E-state index contributed by atoms with van der Waals surface area (Å²) in [7, 11) is 0. The summed E-state index contributed by atoms with van der Waals surface area (Å²) in [5.41, 5.74) is 24.2. The maximum absolute atomic E-state index is 15.0. The van der Waals surface area contributed by atoms with Gasteiger partial charge in [-0.3, -0.25) is 9.59 Å². The van der Waals surface area contributed by atoms with Crippen molar-refractivity contribution in [2.75, 3.05) is 9.80 Å². The van der Waals surface area contributed by atoms with Crippen LogP contribution in [0.5, 0.6) is 0 Å². The van der Waals surface area contributed by atoms with E-state index in [2.05, 4.69) is 115 Å². The molecular weight excluding hydrogens is 1180 g/mol. The van der Waals surface area contributed by atoms with Gasteiger partial charge in [0.2, 0.25) is 13.4 Å². The molecular formula is C86H58B2N2O6. The van der Waals surface area contributed by atoms with E-state index in [0.29, 0.717) is 22.3 Å². The van der Waals surface area contributed by atoms with Crippen LogP contribution in [0.2, 0.25) is 0 Å². The number of hydrogen-bond donors (Lipinski definition) is 0. The number of carbonyl (C=O) groups is 4. The second-order valence-electron chi connectivity index (χ2n) is 26.0. The molecule has 4 aliphatic rings. The average Bonchev–Trinajstić information content (AvgIpc) is 0.672. The minimum Gasteiger partial charge on any atom is -0.457 e. The Morgan fingerprint density at radius 3 is 1.24 bits per heavy atom. The summed E-state index contributed by atoms with van der Waals surface area (Å²) in [6, 6.07) is 90.0. The predicted molar refractivity (Wildman–Crippen MR) is 389 cm³/mol. The van der Waals surface area contributed by atoms with Gasteiger partial charge in [-0.15, -0.1) is 0 Å². The highest BCUT2D eigenvalue weighted by Gasteiger charge is 2.46. The molecule has 0 atom stereocenters. The van der Waals surface area contributed by atoms with Gasteiger partial charge in [-0.25, -0.2) is 9.59 Å². The lowest BCUT2D eigenvalue weighted by atomic mass is 9.31. The highest BCUT2D eigenvalue weighted by molar-refractivity contribution is 7.02. The first-order chi connectivity index (χ1) is 47.1. The number of rotatable bonds is 14. The zero-order chi connectivity index (χ0) is 64.4. The number of aryl methyl sites for hydroxylation is 2. The summed E-state index contributed by atoms with van der Waals surface area (Å²) in [4.78, 5) is 62.7. The fraction of sp³-hybridized carbons (Fsp3) is 0.0698. The van der Waals surface area contributed by atoms with Crippen LogP contribution in [0.25, 0.3) is 54.6 Å². The molecule has 14 aromatic carbocycles. The largest absolute Gasteiger partial charge is 0.457 e. The highest BCUT2D eigenvalue weighted by atomic mass is 16.5. The number of ether oxygens (including phenoxy) is 2. The Balaban J connectivity index is 0.899. The monoisotopic (exact) mass is 1240 g/mol. The molecule has 10 heteroatoms. The smallest absolute Gasteiger partial charge is 0.338 e. The zero-order valence-corrected chi connectivity index (χ0v) is 52.7. The van der Waals surface area contributed by atoms with E-state index in [-0.39, 0.29) is 51.0 Å². The number of ketones is 2. The third-order valence-corrected chi connectivity index (χ3v) is 20.3. The van der Waals surface area contributed by atoms with E-state index in [1.54, 1.807) is 0 Å². The lowest BCUT2D eigenvalue weighted by Crippen LogP contribution is -2.60. The van der Waals surface area contributed by atoms with Gasteiger partial charge in [-0.05, 0) is 184 Å². The van der Waals surface area contributed by atoms with Gasteiger partial charge in [-0.2, -0.15) is 0 Å². The number of benzene rings is 14. The Labute approximate surface area is 556 Å². The molecule has 0 spiro atoms. The Morgan fingerprint density at radius 2 is 0.729 bits per heavy atom. The van der Waals surface area contributed by atoms with Gasteiger partial charge >= 0.3 is 11.9 Å². The van der Waals surface area contributed by atoms with Crippen LogP contribution in [0.3, 0.4) is 0 Å². The molecule has 0 saturated carbocycles. The number of carbonyl (C=O) groups excluding carboxylic acids is 4. The van der Waals surface area contributed by atoms with Crippen molar-refractivity contribution in [2.45, 2.75) is 39.9 Å². The van der Waals surface area contributed by atoms with E-state index in [9.17, 15) is 19.2 Å². The van der Waals surface area contributed by atoms with Crippen LogP contribution < -0.4 is 42.6 Å². The maximum Gasteiger partial charge on any atom is 0.338 e. The Bertz CT molecular complexity index is 5590. The summed E-state index contributed by atoms with van der Waals surface area (Å²) >= 11 is 0. The van der Waals surface area contributed by atoms with Gasteiger partial charge < -0.3 is 19.3 Å². The molecule has 4 aliphatic heterocycles. The predicted octanol–water partition coefficient (Wildman–Crippen LogP) is 15.3. The molecule has 0 saturated heterocycles. The van der Waals surface area contributed by atoms with Crippen LogP contribution in [0.4, 0.5) is 34.1 Å². The van der Waals surface area contributed by atoms with Crippen LogP contribution in [0, 0.1) is 13.8 Å². The van der Waals surface area contributed by atoms with Gasteiger partial charge in [0.1, 0.15) is 13.2 Å². The first-order valence-electron chi connectivity index (χ1n) is 32.8. The minimum atomic E-state index is -0.430. The summed E-state index contributed by atoms with van der Waals surface area (Å²) < 4.78 is 12.3. The molecule has 4 heterocycles. The molecule has 8 nitrogen and oxygen atoms in total. The zero-order valence-electron chi connectivity index (χ0n) is 52.7. The van der Waals surface area contributed by atoms with Crippen LogP contribution in [0.15, 0.2) is 267 Å². The molecule has 0 bridgehead atoms. The van der Waals surface area contributed by atoms with Crippen molar-refractivity contribution in [2.24, 2.45) is 0 Å². The first kappa shape index (κ1) is 56.8. The maximum atomic E-state index is 15.0. The molecule has 14 aromatic rings. The molecule has 0 aliphatic carbocycles. The van der Waals surface area contributed by atoms with Gasteiger partial charge in [0.15, 0.2) is 11.6 Å². The normalized spacial score (nSPS) is 12.7. The van der Waals surface area contributed by atoms with Crippen molar-refractivity contribution in [3.63, 3.8) is 0 Å². The van der Waals surface area contributed by atoms with E-state index in [1.165, 1.54) is 0 Å². The molecule has 18 rings (SSSR count). The molecule has 96 heavy (non-hydrogen) atoms. The van der Waals surface area contributed by atoms with E-state index in [4.69, 9.17) is 9.47 Å². The van der Waals surface area contributed by atoms with E-state index >= 15 is 0 Å². The van der Waals surface area contributed by atoms with E-state index < -0.39 is 11.9 Å². The van der Waals surface area contributed by atoms with Gasteiger partial charge in [0.05, 0.1) is 11.1 Å². The summed E-state index contributed by atoms with van der Waals surface area (Å²) in [5.74, 6) is -0.810. The molecule has 0 radical (unpaired) electrons. The second kappa shape index (κ2) is 22.4. The third kappa shape index (κ3) is 9.07. The standard InChI is InChI=1S/C86H58B2N2O6/c1-51-37-65-67-39-56(43-78(92)58-27-15-6-16-28-58)41-75-83(67)88(70-36-34-59(85(93)95-49-53-21-9-3-10-22-53)45-74(70)90(75)62-31-19-8-20-32-62)71-47-64-52(2)38-66-68-44-60(86(94)96-50-54-23-11-4-12-24-54)46-76-84(68)87(72-48-63(51)81(79(65)71)82(64)80(66)72)69-35-33-55(42-77(91)57-25-13-5-14-26-57)40-73(69)89(76)61-29-17-7-18-30-61/h3-41,44-48H,42-43,49-50H2,1-2H3. The van der Waals surface area contributed by atoms with Crippen molar-refractivity contribution in [1.29, 1.82) is 0 Å². The molecule has 0 aromatic heterocycles. The summed E-state index contributed by atoms with van der Waals surface area (Å²) in [6.07, 6.45) is 0.366. The van der Waals surface area contributed by atoms with Gasteiger partial charge in [0, 0.05) is 58.1 Å². The van der Waals surface area contributed by atoms with Crippen LogP contribution in [0.1, 0.15) is 74.8 Å². The summed E-state index contributed by atoms with van der Waals surface area (Å²) in [5, 5.41) is 6.84. The number of hydrogen-bond acceptors (Lipinski definition) is 8. The number of fused-ring (bicyclic) bond motifs is 8. The lowest BCUT2D eigenvalue weighted by molar-refractivity contribution is 0.0464. The Morgan fingerprint density at radius 1 is 0.323 bits per heavy atom. The topological polar surface area (TPSA) is 93.2 Å². The summed E-state index contributed by atoms with van der Waals surface area (Å²) in [6.45, 7) is 4.09. The van der Waals surface area contributed by atoms with E-state index in [0.717, 1.165) is 155 Å². The van der Waals surface area contributed by atoms with E-state index in [1.807, 2.05) is 176 Å². The van der Waals surface area contributed by atoms with Crippen molar-refractivity contribution >= 4 is 136 Å². The van der Waals surface area contributed by atoms with Gasteiger partial charge in [-0.1, -0.05) is 217 Å². The number of nitrogens with zero attached hydrogens (tertiary/aromatic N) is 2. The fourth-order valence-electron chi connectivity index (χ4n) is 16.1. The first-order valence-corrected chi connectivity index (χ1v) is 32.8. The van der Waals surface area contributed by atoms with Crippen LogP contribution in [-0.4, -0.2) is 36.9 Å². The molecule has 0 unspecified atom stereocenters. The average molecular weight is 1240 g/mol. The number of anilines is 6. The Kier molecular flexibility index (Phi) is 13.3. The molecule has 0 amide bonds. The van der Waals surface area contributed by atoms with Crippen LogP contribution >= 0.6 is 0 Å². The number of para-hydroxylation sites is 2. The minimum absolute atomic E-state index is 0.0161. The Hall–Kier alpha value is -11.9. The molecule has 0 N–H and O–H groups in total. The highest BCUT2D eigenvalue weighted by Crippen LogP contribution is 2.51. The van der Waals surface area contributed by atoms with Gasteiger partial charge in [0.25, 0.3) is 0 Å². The quantitative estimate of drug-likeness (QED) is 0.0460. The van der Waals surface area contributed by atoms with Crippen molar-refractivity contribution in [3.8, 4) is 22.3 Å².